The first-order valence-electron chi connectivity index (χ1n) is 12.2. The van der Waals surface area contributed by atoms with E-state index in [-0.39, 0.29) is 16.1 Å². The van der Waals surface area contributed by atoms with Crippen LogP contribution in [0.25, 0.3) is 0 Å². The van der Waals surface area contributed by atoms with E-state index in [1.54, 1.807) is 34.9 Å². The van der Waals surface area contributed by atoms with Gasteiger partial charge < -0.3 is 0 Å². The molecule has 1 aromatic carbocycles. The third kappa shape index (κ3) is 7.09. The lowest BCUT2D eigenvalue weighted by atomic mass is 10.2. The summed E-state index contributed by atoms with van der Waals surface area (Å²) < 4.78 is 35.0. The lowest BCUT2D eigenvalue weighted by Gasteiger charge is -2.34. The number of nitrogens with zero attached hydrogens (tertiary/aromatic N) is 2. The van der Waals surface area contributed by atoms with Crippen LogP contribution in [0.1, 0.15) is 62.6 Å². The van der Waals surface area contributed by atoms with Gasteiger partial charge in [0.1, 0.15) is 0 Å². The largest absolute Gasteiger partial charge is 0.331 e. The molecule has 0 spiro atoms. The monoisotopic (exact) mass is 510 g/mol. The highest BCUT2D eigenvalue weighted by Gasteiger charge is 2.28. The Kier molecular flexibility index (Phi) is 9.23. The van der Waals surface area contributed by atoms with E-state index < -0.39 is 20.4 Å². The molecule has 1 aromatic heterocycles. The van der Waals surface area contributed by atoms with Gasteiger partial charge in [0.25, 0.3) is 5.56 Å². The van der Waals surface area contributed by atoms with E-state index in [0.29, 0.717) is 18.8 Å². The van der Waals surface area contributed by atoms with Gasteiger partial charge >= 0.3 is 15.8 Å². The predicted octanol–water partition coefficient (Wildman–Crippen LogP) is 4.52. The van der Waals surface area contributed by atoms with Crippen LogP contribution >= 0.6 is 10.3 Å². The van der Waals surface area contributed by atoms with E-state index in [9.17, 15) is 18.0 Å². The molecule has 1 unspecified atom stereocenters. The van der Waals surface area contributed by atoms with Crippen LogP contribution in [0.15, 0.2) is 44.8 Å². The van der Waals surface area contributed by atoms with Crippen molar-refractivity contribution in [1.29, 1.82) is 0 Å². The molecule has 0 saturated heterocycles. The van der Waals surface area contributed by atoms with Gasteiger partial charge in [-0.3, -0.25) is 13.9 Å². The average molecular weight is 511 g/mol. The molecule has 2 bridgehead atoms. The summed E-state index contributed by atoms with van der Waals surface area (Å²) in [5, 5.41) is 0. The van der Waals surface area contributed by atoms with Crippen LogP contribution in [-0.4, -0.2) is 35.3 Å². The SMILES string of the molecule is Cc1ccc(S(=O)(=O)OS2(C)CCCCCCn3c(C)cc(=O)n(c3=O)CCCCCC2)cc1. The molecule has 3 rings (SSSR count). The molecule has 34 heavy (non-hydrogen) atoms. The smallest absolute Gasteiger partial charge is 0.298 e. The first-order valence-corrected chi connectivity index (χ1v) is 15.9. The lowest BCUT2D eigenvalue weighted by Crippen LogP contribution is -2.40. The minimum Gasteiger partial charge on any atom is -0.298 e. The van der Waals surface area contributed by atoms with Crippen molar-refractivity contribution in [3.63, 3.8) is 0 Å². The van der Waals surface area contributed by atoms with Crippen molar-refractivity contribution >= 4 is 20.4 Å². The van der Waals surface area contributed by atoms with E-state index in [2.05, 4.69) is 0 Å². The normalized spacial score (nSPS) is 23.1. The summed E-state index contributed by atoms with van der Waals surface area (Å²) in [6.45, 7) is 4.75. The maximum Gasteiger partial charge on any atom is 0.331 e. The minimum atomic E-state index is -3.81. The molecule has 1 aliphatic rings. The second-order valence-electron chi connectivity index (χ2n) is 9.47. The standard InChI is InChI=1S/C25H38N2O5S2/c1-21-12-14-23(15-13-21)34(30,31)32-33(3)18-10-6-4-8-16-26-22(2)20-24(28)27(25(26)29)17-9-5-7-11-19-33/h12-15,20H,4-11,16-19H2,1-3H3. The highest BCUT2D eigenvalue weighted by atomic mass is 32.3. The zero-order chi connectivity index (χ0) is 24.8. The van der Waals surface area contributed by atoms with E-state index in [0.717, 1.165) is 68.4 Å². The number of hydrogen-bond donors (Lipinski definition) is 0. The maximum absolute atomic E-state index is 13.0. The molecule has 7 nitrogen and oxygen atoms in total. The fourth-order valence-corrected chi connectivity index (χ4v) is 9.29. The summed E-state index contributed by atoms with van der Waals surface area (Å²) in [6.07, 6.45) is 9.00. The van der Waals surface area contributed by atoms with Crippen LogP contribution in [0, 0.1) is 13.8 Å². The Balaban J connectivity index is 1.71. The van der Waals surface area contributed by atoms with Gasteiger partial charge in [-0.2, -0.15) is 8.42 Å². The molecule has 2 heterocycles. The maximum atomic E-state index is 13.0. The number of aryl methyl sites for hydroxylation is 2. The van der Waals surface area contributed by atoms with Crippen LogP contribution in [-0.2, 0) is 26.8 Å². The van der Waals surface area contributed by atoms with Crippen LogP contribution in [0.2, 0.25) is 0 Å². The van der Waals surface area contributed by atoms with Gasteiger partial charge in [0.2, 0.25) is 0 Å². The Morgan fingerprint density at radius 1 is 0.794 bits per heavy atom. The summed E-state index contributed by atoms with van der Waals surface area (Å²) >= 11 is 0. The van der Waals surface area contributed by atoms with Crippen LogP contribution in [0.3, 0.4) is 0 Å². The summed E-state index contributed by atoms with van der Waals surface area (Å²) in [7, 11) is -5.60. The number of aromatic nitrogens is 2. The van der Waals surface area contributed by atoms with Gasteiger partial charge in [-0.15, -0.1) is 10.3 Å². The van der Waals surface area contributed by atoms with Gasteiger partial charge in [-0.05, 0) is 57.9 Å². The Morgan fingerprint density at radius 2 is 1.32 bits per heavy atom. The minimum absolute atomic E-state index is 0.205. The fourth-order valence-electron chi connectivity index (χ4n) is 4.40. The molecule has 9 heteroatoms. The molecular weight excluding hydrogens is 472 g/mol. The van der Waals surface area contributed by atoms with Gasteiger partial charge in [-0.25, -0.2) is 8.42 Å². The summed E-state index contributed by atoms with van der Waals surface area (Å²) in [5.41, 5.74) is 1.28. The molecule has 0 fully saturated rings. The molecule has 190 valence electrons. The van der Waals surface area contributed by atoms with Crippen molar-refractivity contribution in [3.05, 3.63) is 62.4 Å². The average Bonchev–Trinajstić information content (AvgIpc) is 2.76. The highest BCUT2D eigenvalue weighted by Crippen LogP contribution is 2.50. The molecule has 0 amide bonds. The Morgan fingerprint density at radius 3 is 1.91 bits per heavy atom. The number of benzene rings is 1. The van der Waals surface area contributed by atoms with Crippen molar-refractivity contribution in [2.75, 3.05) is 17.8 Å². The zero-order valence-corrected chi connectivity index (χ0v) is 22.3. The predicted molar refractivity (Wildman–Crippen MR) is 139 cm³/mol. The summed E-state index contributed by atoms with van der Waals surface area (Å²) in [5.74, 6) is 1.48. The topological polar surface area (TPSA) is 87.4 Å². The molecule has 1 aliphatic heterocycles. The molecule has 0 saturated carbocycles. The van der Waals surface area contributed by atoms with Crippen molar-refractivity contribution < 1.29 is 12.0 Å². The van der Waals surface area contributed by atoms with Gasteiger partial charge in [0.05, 0.1) is 4.90 Å². The van der Waals surface area contributed by atoms with Crippen molar-refractivity contribution in [2.24, 2.45) is 0 Å². The Labute approximate surface area is 204 Å². The van der Waals surface area contributed by atoms with Crippen LogP contribution < -0.4 is 11.2 Å². The number of fused-ring (bicyclic) bond motifs is 2. The third-order valence-electron chi connectivity index (χ3n) is 6.47. The molecular formula is C25H38N2O5S2. The second-order valence-corrected chi connectivity index (χ2v) is 14.6. The molecule has 0 aliphatic carbocycles. The van der Waals surface area contributed by atoms with Crippen molar-refractivity contribution in [1.82, 2.24) is 9.13 Å². The Hall–Kier alpha value is -1.84. The quantitative estimate of drug-likeness (QED) is 0.606. The van der Waals surface area contributed by atoms with Crippen LogP contribution in [0.4, 0.5) is 0 Å². The van der Waals surface area contributed by atoms with E-state index in [1.165, 1.54) is 4.57 Å². The zero-order valence-electron chi connectivity index (χ0n) is 20.6. The molecule has 0 radical (unpaired) electrons. The second kappa shape index (κ2) is 11.7. The molecule has 0 N–H and O–H groups in total. The fraction of sp³-hybridized carbons (Fsp3) is 0.600. The van der Waals surface area contributed by atoms with E-state index in [1.807, 2.05) is 20.1 Å². The lowest BCUT2D eigenvalue weighted by molar-refractivity contribution is 0.485. The van der Waals surface area contributed by atoms with Gasteiger partial charge in [-0.1, -0.05) is 43.4 Å². The third-order valence-corrected chi connectivity index (χ3v) is 11.6. The number of hydrogen-bond acceptors (Lipinski definition) is 5. The van der Waals surface area contributed by atoms with Crippen molar-refractivity contribution in [2.45, 2.75) is 83.2 Å². The Bertz CT molecular complexity index is 1190. The summed E-state index contributed by atoms with van der Waals surface area (Å²) in [6, 6.07) is 8.37. The van der Waals surface area contributed by atoms with Crippen LogP contribution in [0.5, 0.6) is 0 Å². The van der Waals surface area contributed by atoms with E-state index >= 15 is 0 Å². The van der Waals surface area contributed by atoms with Crippen molar-refractivity contribution in [3.8, 4) is 0 Å². The van der Waals surface area contributed by atoms with E-state index in [4.69, 9.17) is 3.63 Å². The number of rotatable bonds is 3. The van der Waals surface area contributed by atoms with Gasteiger partial charge in [0, 0.05) is 36.4 Å². The molecule has 1 atom stereocenters. The molecule has 2 aromatic rings. The highest BCUT2D eigenvalue weighted by molar-refractivity contribution is 8.32. The summed E-state index contributed by atoms with van der Waals surface area (Å²) in [4.78, 5) is 25.4. The van der Waals surface area contributed by atoms with Gasteiger partial charge in [0.15, 0.2) is 0 Å². The first kappa shape index (κ1) is 26.8. The first-order chi connectivity index (χ1) is 16.1.